The van der Waals surface area contributed by atoms with Crippen molar-refractivity contribution in [1.29, 1.82) is 0 Å². The first-order chi connectivity index (χ1) is 15.1. The minimum atomic E-state index is -4.57. The first kappa shape index (κ1) is 23.5. The summed E-state index contributed by atoms with van der Waals surface area (Å²) in [6, 6.07) is 10.7. The Kier molecular flexibility index (Phi) is 7.31. The second-order valence-corrected chi connectivity index (χ2v) is 7.65. The van der Waals surface area contributed by atoms with Crippen molar-refractivity contribution in [3.05, 3.63) is 76.6 Å². The lowest BCUT2D eigenvalue weighted by molar-refractivity contribution is -0.137. The Morgan fingerprint density at radius 3 is 2.44 bits per heavy atom. The Hall–Kier alpha value is -3.18. The molecule has 1 aromatic heterocycles. The molecule has 0 aliphatic carbocycles. The molecule has 0 atom stereocenters. The molecule has 0 aliphatic rings. The quantitative estimate of drug-likeness (QED) is 0.368. The average molecular weight is 485 g/mol. The molecule has 0 fully saturated rings. The fraction of sp³-hybridized carbons (Fsp3) is 0.100. The van der Waals surface area contributed by atoms with Gasteiger partial charge in [0.15, 0.2) is 5.82 Å². The smallest absolute Gasteiger partial charge is 0.324 e. The van der Waals surface area contributed by atoms with Crippen LogP contribution in [0.4, 0.5) is 29.1 Å². The Morgan fingerprint density at radius 2 is 1.78 bits per heavy atom. The van der Waals surface area contributed by atoms with Gasteiger partial charge in [-0.3, -0.25) is 9.59 Å². The van der Waals surface area contributed by atoms with Gasteiger partial charge in [-0.2, -0.15) is 13.2 Å². The summed E-state index contributed by atoms with van der Waals surface area (Å²) in [5.41, 5.74) is -0.990. The van der Waals surface area contributed by atoms with Crippen molar-refractivity contribution in [2.45, 2.75) is 11.2 Å². The van der Waals surface area contributed by atoms with E-state index in [2.05, 4.69) is 20.8 Å². The molecule has 0 radical (unpaired) electrons. The second kappa shape index (κ2) is 9.96. The van der Waals surface area contributed by atoms with E-state index in [9.17, 15) is 27.2 Å². The van der Waals surface area contributed by atoms with Crippen molar-refractivity contribution in [2.75, 3.05) is 16.4 Å². The first-order valence-corrected chi connectivity index (χ1v) is 10.2. The predicted octanol–water partition coefficient (Wildman–Crippen LogP) is 5.27. The summed E-state index contributed by atoms with van der Waals surface area (Å²) in [7, 11) is 0. The van der Waals surface area contributed by atoms with Crippen LogP contribution in [-0.2, 0) is 11.0 Å². The number of nitrogens with one attached hydrogen (secondary N) is 2. The normalized spacial score (nSPS) is 11.2. The van der Waals surface area contributed by atoms with Gasteiger partial charge >= 0.3 is 6.18 Å². The highest BCUT2D eigenvalue weighted by atomic mass is 35.5. The zero-order chi connectivity index (χ0) is 23.3. The molecule has 2 amide bonds. The Morgan fingerprint density at radius 1 is 1.00 bits per heavy atom. The molecule has 0 bridgehead atoms. The molecule has 6 nitrogen and oxygen atoms in total. The number of hydrogen-bond donors (Lipinski definition) is 2. The number of nitrogens with zero attached hydrogens (tertiary/aromatic N) is 2. The lowest BCUT2D eigenvalue weighted by Gasteiger charge is -2.11. The summed E-state index contributed by atoms with van der Waals surface area (Å²) in [6.45, 7) is 0. The summed E-state index contributed by atoms with van der Waals surface area (Å²) in [4.78, 5) is 24.2. The zero-order valence-corrected chi connectivity index (χ0v) is 17.5. The van der Waals surface area contributed by atoms with E-state index in [1.54, 1.807) is 0 Å². The summed E-state index contributed by atoms with van der Waals surface area (Å²) in [5.74, 6) is -1.78. The molecular formula is C20H13ClF4N4O2S. The molecule has 2 N–H and O–H groups in total. The van der Waals surface area contributed by atoms with E-state index in [0.29, 0.717) is 5.03 Å². The number of rotatable bonds is 6. The highest BCUT2D eigenvalue weighted by molar-refractivity contribution is 7.99. The molecule has 0 saturated carbocycles. The van der Waals surface area contributed by atoms with Crippen LogP contribution in [0.3, 0.4) is 0 Å². The van der Waals surface area contributed by atoms with Gasteiger partial charge in [0, 0.05) is 5.56 Å². The van der Waals surface area contributed by atoms with Gasteiger partial charge < -0.3 is 10.6 Å². The largest absolute Gasteiger partial charge is 0.416 e. The summed E-state index contributed by atoms with van der Waals surface area (Å²) >= 11 is 6.83. The lowest BCUT2D eigenvalue weighted by atomic mass is 10.2. The van der Waals surface area contributed by atoms with Crippen LogP contribution in [0.25, 0.3) is 0 Å². The molecule has 2 aromatic carbocycles. The molecule has 3 aromatic rings. The first-order valence-electron chi connectivity index (χ1n) is 8.82. The lowest BCUT2D eigenvalue weighted by Crippen LogP contribution is -2.16. The van der Waals surface area contributed by atoms with Crippen LogP contribution in [-0.4, -0.2) is 27.8 Å². The Balaban J connectivity index is 1.55. The summed E-state index contributed by atoms with van der Waals surface area (Å²) in [6.07, 6.45) is -4.57. The fourth-order valence-electron chi connectivity index (χ4n) is 2.41. The van der Waals surface area contributed by atoms with Crippen LogP contribution in [0.1, 0.15) is 15.9 Å². The third-order valence-electron chi connectivity index (χ3n) is 3.89. The van der Waals surface area contributed by atoms with Crippen molar-refractivity contribution in [3.63, 3.8) is 0 Å². The molecule has 1 heterocycles. The molecule has 0 spiro atoms. The number of aromatic nitrogens is 2. The van der Waals surface area contributed by atoms with Crippen molar-refractivity contribution in [1.82, 2.24) is 10.2 Å². The molecular weight excluding hydrogens is 472 g/mol. The van der Waals surface area contributed by atoms with Gasteiger partial charge in [-0.1, -0.05) is 29.4 Å². The Labute approximate surface area is 188 Å². The topological polar surface area (TPSA) is 84.0 Å². The number of amides is 2. The zero-order valence-electron chi connectivity index (χ0n) is 15.9. The minimum Gasteiger partial charge on any atom is -0.324 e. The molecule has 0 aliphatic heterocycles. The van der Waals surface area contributed by atoms with E-state index in [1.165, 1.54) is 30.3 Å². The van der Waals surface area contributed by atoms with E-state index < -0.39 is 29.4 Å². The van der Waals surface area contributed by atoms with Crippen LogP contribution < -0.4 is 10.6 Å². The van der Waals surface area contributed by atoms with Gasteiger partial charge in [-0.15, -0.1) is 10.2 Å². The molecule has 166 valence electrons. The number of benzene rings is 2. The number of carbonyl (C=O) groups is 2. The molecule has 12 heteroatoms. The molecule has 0 unspecified atom stereocenters. The van der Waals surface area contributed by atoms with Crippen LogP contribution >= 0.6 is 23.4 Å². The van der Waals surface area contributed by atoms with E-state index in [1.807, 2.05) is 0 Å². The van der Waals surface area contributed by atoms with Gasteiger partial charge in [0.05, 0.1) is 22.0 Å². The number of alkyl halides is 3. The van der Waals surface area contributed by atoms with Crippen LogP contribution in [0, 0.1) is 5.82 Å². The van der Waals surface area contributed by atoms with Gasteiger partial charge in [-0.25, -0.2) is 4.39 Å². The second-order valence-electron chi connectivity index (χ2n) is 6.25. The summed E-state index contributed by atoms with van der Waals surface area (Å²) in [5, 5.41) is 12.7. The SMILES string of the molecule is O=C(CSc1ccc(NC(=O)c2cccc(F)c2)nn1)Nc1cc(C(F)(F)F)ccc1Cl. The number of carbonyl (C=O) groups excluding carboxylic acids is 2. The van der Waals surface area contributed by atoms with Crippen molar-refractivity contribution in [2.24, 2.45) is 0 Å². The average Bonchev–Trinajstić information content (AvgIpc) is 2.74. The van der Waals surface area contributed by atoms with Gasteiger partial charge in [0.25, 0.3) is 5.91 Å². The van der Waals surface area contributed by atoms with Gasteiger partial charge in [0.2, 0.25) is 5.91 Å². The maximum atomic E-state index is 13.2. The number of anilines is 2. The van der Waals surface area contributed by atoms with E-state index in [0.717, 1.165) is 36.0 Å². The fourth-order valence-corrected chi connectivity index (χ4v) is 3.18. The van der Waals surface area contributed by atoms with Crippen molar-refractivity contribution in [3.8, 4) is 0 Å². The molecule has 32 heavy (non-hydrogen) atoms. The number of halogens is 5. The highest BCUT2D eigenvalue weighted by Gasteiger charge is 2.31. The minimum absolute atomic E-state index is 0.0328. The highest BCUT2D eigenvalue weighted by Crippen LogP contribution is 2.34. The predicted molar refractivity (Wildman–Crippen MR) is 112 cm³/mol. The van der Waals surface area contributed by atoms with Crippen molar-refractivity contribution < 1.29 is 27.2 Å². The van der Waals surface area contributed by atoms with E-state index in [-0.39, 0.29) is 27.8 Å². The monoisotopic (exact) mass is 484 g/mol. The number of thioether (sulfide) groups is 1. The third-order valence-corrected chi connectivity index (χ3v) is 5.14. The van der Waals surface area contributed by atoms with Crippen LogP contribution in [0.5, 0.6) is 0 Å². The van der Waals surface area contributed by atoms with E-state index >= 15 is 0 Å². The Bertz CT molecular complexity index is 1140. The van der Waals surface area contributed by atoms with Crippen LogP contribution in [0.15, 0.2) is 59.6 Å². The summed E-state index contributed by atoms with van der Waals surface area (Å²) < 4.78 is 51.6. The van der Waals surface area contributed by atoms with Crippen molar-refractivity contribution >= 4 is 46.7 Å². The molecule has 0 saturated heterocycles. The van der Waals surface area contributed by atoms with Crippen LogP contribution in [0.2, 0.25) is 5.02 Å². The number of hydrogen-bond acceptors (Lipinski definition) is 5. The maximum Gasteiger partial charge on any atom is 0.416 e. The standard InChI is InChI=1S/C20H13ClF4N4O2S/c21-14-5-4-12(20(23,24)25)9-15(14)26-17(30)10-32-18-7-6-16(28-29-18)27-19(31)11-2-1-3-13(22)8-11/h1-9H,10H2,(H,26,30)(H,27,28,31). The van der Waals surface area contributed by atoms with Gasteiger partial charge in [-0.05, 0) is 48.5 Å². The van der Waals surface area contributed by atoms with E-state index in [4.69, 9.17) is 11.6 Å². The molecule has 3 rings (SSSR count). The maximum absolute atomic E-state index is 13.2. The van der Waals surface area contributed by atoms with Gasteiger partial charge in [0.1, 0.15) is 10.8 Å². The third kappa shape index (κ3) is 6.41.